The molecule has 1 aromatic carbocycles. The van der Waals surface area contributed by atoms with Crippen molar-refractivity contribution < 1.29 is 23.9 Å². The summed E-state index contributed by atoms with van der Waals surface area (Å²) in [7, 11) is 0. The number of thioether (sulfide) groups is 1. The van der Waals surface area contributed by atoms with E-state index in [0.29, 0.717) is 16.2 Å². The van der Waals surface area contributed by atoms with Crippen molar-refractivity contribution >= 4 is 63.8 Å². The number of hydrogen-bond donors (Lipinski definition) is 0. The maximum absolute atomic E-state index is 13.1. The van der Waals surface area contributed by atoms with Gasteiger partial charge in [0, 0.05) is 12.4 Å². The minimum atomic E-state index is -1.01. The van der Waals surface area contributed by atoms with E-state index < -0.39 is 29.7 Å². The summed E-state index contributed by atoms with van der Waals surface area (Å²) in [6, 6.07) is 8.49. The highest BCUT2D eigenvalue weighted by Gasteiger charge is 2.48. The van der Waals surface area contributed by atoms with Gasteiger partial charge in [-0.2, -0.15) is 0 Å². The number of benzene rings is 1. The molecule has 0 aliphatic carbocycles. The van der Waals surface area contributed by atoms with Crippen molar-refractivity contribution in [1.82, 2.24) is 9.88 Å². The summed E-state index contributed by atoms with van der Waals surface area (Å²) in [5.74, 6) is -1.91. The molecule has 3 heterocycles. The molecular formula is C22H17N3O5S2. The van der Waals surface area contributed by atoms with Crippen LogP contribution in [0.15, 0.2) is 53.7 Å². The van der Waals surface area contributed by atoms with E-state index in [1.165, 1.54) is 29.2 Å². The Labute approximate surface area is 193 Å². The van der Waals surface area contributed by atoms with Crippen LogP contribution < -0.4 is 4.90 Å². The number of pyridine rings is 1. The average Bonchev–Trinajstić information content (AvgIpc) is 3.22. The lowest BCUT2D eigenvalue weighted by atomic mass is 10.2. The number of hydrogen-bond acceptors (Lipinski definition) is 8. The molecule has 0 spiro atoms. The smallest absolute Gasteiger partial charge is 0.338 e. The lowest BCUT2D eigenvalue weighted by molar-refractivity contribution is -0.129. The molecule has 0 saturated carbocycles. The second-order valence-electron chi connectivity index (χ2n) is 6.89. The number of anilines is 1. The zero-order chi connectivity index (χ0) is 22.8. The lowest BCUT2D eigenvalue weighted by Gasteiger charge is -2.21. The molecule has 2 fully saturated rings. The topological polar surface area (TPSA) is 96.9 Å². The van der Waals surface area contributed by atoms with Crippen LogP contribution in [0.4, 0.5) is 5.69 Å². The first kappa shape index (κ1) is 21.8. The van der Waals surface area contributed by atoms with Crippen molar-refractivity contribution in [2.24, 2.45) is 0 Å². The van der Waals surface area contributed by atoms with Gasteiger partial charge in [0.25, 0.3) is 11.8 Å². The van der Waals surface area contributed by atoms with Gasteiger partial charge in [0.15, 0.2) is 0 Å². The zero-order valence-corrected chi connectivity index (χ0v) is 18.5. The maximum atomic E-state index is 13.1. The number of carbonyl (C=O) groups is 4. The van der Waals surface area contributed by atoms with E-state index in [-0.39, 0.29) is 17.3 Å². The summed E-state index contributed by atoms with van der Waals surface area (Å²) in [6.45, 7) is 1.94. The van der Waals surface area contributed by atoms with E-state index >= 15 is 0 Å². The third kappa shape index (κ3) is 4.06. The molecule has 10 heteroatoms. The molecule has 3 amide bonds. The highest BCUT2D eigenvalue weighted by Crippen LogP contribution is 2.37. The maximum Gasteiger partial charge on any atom is 0.338 e. The summed E-state index contributed by atoms with van der Waals surface area (Å²) in [4.78, 5) is 57.2. The van der Waals surface area contributed by atoms with Crippen LogP contribution in [0.3, 0.4) is 0 Å². The van der Waals surface area contributed by atoms with E-state index in [4.69, 9.17) is 17.0 Å². The lowest BCUT2D eigenvalue weighted by Crippen LogP contribution is -2.44. The Balaban J connectivity index is 1.55. The van der Waals surface area contributed by atoms with Gasteiger partial charge in [-0.15, -0.1) is 0 Å². The minimum Gasteiger partial charge on any atom is -0.462 e. The third-order valence-electron chi connectivity index (χ3n) is 4.88. The molecule has 162 valence electrons. The predicted molar refractivity (Wildman–Crippen MR) is 123 cm³/mol. The summed E-state index contributed by atoms with van der Waals surface area (Å²) < 4.78 is 5.16. The van der Waals surface area contributed by atoms with Crippen molar-refractivity contribution in [1.29, 1.82) is 0 Å². The van der Waals surface area contributed by atoms with Gasteiger partial charge in [0.2, 0.25) is 5.91 Å². The first-order valence-electron chi connectivity index (χ1n) is 9.71. The second kappa shape index (κ2) is 9.01. The third-order valence-corrected chi connectivity index (χ3v) is 6.21. The quantitative estimate of drug-likeness (QED) is 0.287. The van der Waals surface area contributed by atoms with Gasteiger partial charge in [-0.3, -0.25) is 24.3 Å². The molecule has 2 aliphatic heterocycles. The Hall–Kier alpha value is -3.37. The van der Waals surface area contributed by atoms with E-state index in [2.05, 4.69) is 4.98 Å². The van der Waals surface area contributed by atoms with Gasteiger partial charge in [0.1, 0.15) is 10.4 Å². The van der Waals surface area contributed by atoms with Gasteiger partial charge < -0.3 is 4.74 Å². The first-order chi connectivity index (χ1) is 15.4. The monoisotopic (exact) mass is 467 g/mol. The van der Waals surface area contributed by atoms with Gasteiger partial charge in [-0.05, 0) is 48.9 Å². The van der Waals surface area contributed by atoms with Crippen LogP contribution in [0.1, 0.15) is 29.3 Å². The molecular weight excluding hydrogens is 450 g/mol. The van der Waals surface area contributed by atoms with Gasteiger partial charge >= 0.3 is 5.97 Å². The second-order valence-corrected chi connectivity index (χ2v) is 8.57. The van der Waals surface area contributed by atoms with Crippen LogP contribution in [-0.4, -0.2) is 50.5 Å². The molecule has 8 nitrogen and oxygen atoms in total. The summed E-state index contributed by atoms with van der Waals surface area (Å²) in [6.07, 6.45) is 4.71. The fraction of sp³-hybridized carbons (Fsp3) is 0.182. The van der Waals surface area contributed by atoms with Gasteiger partial charge in [0.05, 0.1) is 29.2 Å². The minimum absolute atomic E-state index is 0.176. The van der Waals surface area contributed by atoms with Crippen molar-refractivity contribution in [2.45, 2.75) is 19.4 Å². The first-order valence-corrected chi connectivity index (χ1v) is 10.9. The molecule has 0 bridgehead atoms. The molecule has 32 heavy (non-hydrogen) atoms. The Kier molecular flexibility index (Phi) is 6.15. The van der Waals surface area contributed by atoms with Gasteiger partial charge in [-0.1, -0.05) is 30.0 Å². The number of aromatic nitrogens is 1. The van der Waals surface area contributed by atoms with Crippen LogP contribution in [-0.2, 0) is 19.1 Å². The van der Waals surface area contributed by atoms with Crippen LogP contribution in [0.25, 0.3) is 6.08 Å². The molecule has 0 radical (unpaired) electrons. The number of rotatable bonds is 5. The number of esters is 1. The van der Waals surface area contributed by atoms with E-state index in [9.17, 15) is 19.2 Å². The SMILES string of the molecule is CCOC(=O)c1ccc(N2C(=O)CC(N3C(=O)/C(=C/c4cccnc4)SC3=S)C2=O)cc1. The van der Waals surface area contributed by atoms with Crippen LogP contribution in [0, 0.1) is 0 Å². The molecule has 1 aromatic heterocycles. The van der Waals surface area contributed by atoms with Crippen molar-refractivity contribution in [3.8, 4) is 0 Å². The molecule has 2 aliphatic rings. The number of ether oxygens (including phenoxy) is 1. The molecule has 1 unspecified atom stereocenters. The molecule has 4 rings (SSSR count). The van der Waals surface area contributed by atoms with E-state index in [1.807, 2.05) is 0 Å². The Morgan fingerprint density at radius 3 is 2.66 bits per heavy atom. The van der Waals surface area contributed by atoms with Gasteiger partial charge in [-0.25, -0.2) is 9.69 Å². The highest BCUT2D eigenvalue weighted by atomic mass is 32.2. The Bertz CT molecular complexity index is 1150. The number of nitrogens with zero attached hydrogens (tertiary/aromatic N) is 3. The largest absolute Gasteiger partial charge is 0.462 e. The fourth-order valence-corrected chi connectivity index (χ4v) is 4.77. The molecule has 2 aromatic rings. The van der Waals surface area contributed by atoms with Crippen molar-refractivity contribution in [3.63, 3.8) is 0 Å². The Morgan fingerprint density at radius 1 is 1.25 bits per heavy atom. The van der Waals surface area contributed by atoms with E-state index in [1.54, 1.807) is 37.5 Å². The van der Waals surface area contributed by atoms with Crippen molar-refractivity contribution in [3.05, 3.63) is 64.8 Å². The number of thiocarbonyl (C=S) groups is 1. The standard InChI is InChI=1S/C22H17N3O5S2/c1-2-30-21(29)14-5-7-15(8-6-14)24-18(26)11-16(19(24)27)25-20(28)17(32-22(25)31)10-13-4-3-9-23-12-13/h3-10,12,16H,2,11H2,1H3/b17-10-. The average molecular weight is 468 g/mol. The zero-order valence-electron chi connectivity index (χ0n) is 16.9. The van der Waals surface area contributed by atoms with E-state index in [0.717, 1.165) is 22.2 Å². The number of amides is 3. The van der Waals surface area contributed by atoms with Crippen molar-refractivity contribution in [2.75, 3.05) is 11.5 Å². The predicted octanol–water partition coefficient (Wildman–Crippen LogP) is 2.79. The molecule has 1 atom stereocenters. The Morgan fingerprint density at radius 2 is 2.00 bits per heavy atom. The number of imide groups is 1. The van der Waals surface area contributed by atoms with Crippen LogP contribution in [0.5, 0.6) is 0 Å². The normalized spacial score (nSPS) is 19.9. The fourth-order valence-electron chi connectivity index (χ4n) is 3.41. The highest BCUT2D eigenvalue weighted by molar-refractivity contribution is 8.26. The molecule has 2 saturated heterocycles. The number of carbonyl (C=O) groups excluding carboxylic acids is 4. The summed E-state index contributed by atoms with van der Waals surface area (Å²) in [5, 5.41) is 0. The van der Waals surface area contributed by atoms with Crippen LogP contribution >= 0.6 is 24.0 Å². The summed E-state index contributed by atoms with van der Waals surface area (Å²) in [5.41, 5.74) is 1.35. The molecule has 0 N–H and O–H groups in total. The van der Waals surface area contributed by atoms with Crippen LogP contribution in [0.2, 0.25) is 0 Å². The summed E-state index contributed by atoms with van der Waals surface area (Å²) >= 11 is 6.42.